The van der Waals surface area contributed by atoms with Crippen LogP contribution in [0.4, 0.5) is 0 Å². The number of rotatable bonds is 3. The number of carbonyl (C=O) groups is 1. The van der Waals surface area contributed by atoms with Crippen LogP contribution in [0.5, 0.6) is 0 Å². The summed E-state index contributed by atoms with van der Waals surface area (Å²) in [5.41, 5.74) is 0.591. The number of fused-ring (bicyclic) bond motifs is 1. The molecule has 2 heterocycles. The van der Waals surface area contributed by atoms with Crippen molar-refractivity contribution in [2.75, 3.05) is 6.54 Å². The van der Waals surface area contributed by atoms with Crippen LogP contribution in [0.1, 0.15) is 25.5 Å². The van der Waals surface area contributed by atoms with E-state index in [-0.39, 0.29) is 12.1 Å². The van der Waals surface area contributed by atoms with E-state index in [9.17, 15) is 14.7 Å². The number of para-hydroxylation sites is 2. The van der Waals surface area contributed by atoms with E-state index in [0.29, 0.717) is 29.7 Å². The van der Waals surface area contributed by atoms with Crippen LogP contribution in [0.25, 0.3) is 11.0 Å². The Morgan fingerprint density at radius 2 is 2.24 bits per heavy atom. The zero-order valence-electron chi connectivity index (χ0n) is 11.8. The Kier molecular flexibility index (Phi) is 3.25. The third kappa shape index (κ3) is 2.31. The Hall–Kier alpha value is -2.21. The number of benzene rings is 1. The first-order valence-corrected chi connectivity index (χ1v) is 6.97. The normalized spacial score (nSPS) is 22.7. The van der Waals surface area contributed by atoms with Crippen molar-refractivity contribution in [1.29, 1.82) is 0 Å². The van der Waals surface area contributed by atoms with Gasteiger partial charge in [0.2, 0.25) is 0 Å². The Balaban J connectivity index is 1.96. The predicted molar refractivity (Wildman–Crippen MR) is 78.0 cm³/mol. The minimum absolute atomic E-state index is 0.253. The summed E-state index contributed by atoms with van der Waals surface area (Å²) in [6, 6.07) is 7.32. The van der Waals surface area contributed by atoms with E-state index in [1.54, 1.807) is 13.0 Å². The molecule has 21 heavy (non-hydrogen) atoms. The lowest BCUT2D eigenvalue weighted by Crippen LogP contribution is -2.48. The van der Waals surface area contributed by atoms with Gasteiger partial charge in [0.25, 0.3) is 5.56 Å². The van der Waals surface area contributed by atoms with Crippen LogP contribution in [-0.2, 0) is 11.3 Å². The maximum atomic E-state index is 12.1. The second kappa shape index (κ2) is 4.96. The molecule has 2 N–H and O–H groups in total. The molecule has 110 valence electrons. The fourth-order valence-electron chi connectivity index (χ4n) is 2.87. The highest BCUT2D eigenvalue weighted by Gasteiger charge is 2.43. The Labute approximate surface area is 121 Å². The average Bonchev–Trinajstić information content (AvgIpc) is 2.82. The Morgan fingerprint density at radius 1 is 1.48 bits per heavy atom. The Morgan fingerprint density at radius 3 is 3.00 bits per heavy atom. The lowest BCUT2D eigenvalue weighted by Gasteiger charge is -2.30. The van der Waals surface area contributed by atoms with Crippen molar-refractivity contribution in [3.05, 3.63) is 40.3 Å². The van der Waals surface area contributed by atoms with Gasteiger partial charge < -0.3 is 10.1 Å². The highest BCUT2D eigenvalue weighted by Crippen LogP contribution is 2.30. The summed E-state index contributed by atoms with van der Waals surface area (Å²) in [6.45, 7) is 2.62. The van der Waals surface area contributed by atoms with Crippen molar-refractivity contribution in [3.8, 4) is 0 Å². The molecule has 2 aromatic rings. The third-order valence-electron chi connectivity index (χ3n) is 4.26. The quantitative estimate of drug-likeness (QED) is 0.890. The van der Waals surface area contributed by atoms with Crippen LogP contribution in [0.15, 0.2) is 29.1 Å². The number of carboxylic acid groups (broad SMARTS) is 1. The molecular weight excluding hydrogens is 270 g/mol. The van der Waals surface area contributed by atoms with E-state index in [4.69, 9.17) is 0 Å². The van der Waals surface area contributed by atoms with Gasteiger partial charge >= 0.3 is 5.97 Å². The predicted octanol–water partition coefficient (Wildman–Crippen LogP) is 1.36. The molecule has 6 nitrogen and oxygen atoms in total. The second-order valence-corrected chi connectivity index (χ2v) is 5.63. The van der Waals surface area contributed by atoms with Crippen molar-refractivity contribution in [3.63, 3.8) is 0 Å². The molecule has 1 saturated heterocycles. The largest absolute Gasteiger partial charge is 0.480 e. The van der Waals surface area contributed by atoms with Gasteiger partial charge in [-0.3, -0.25) is 14.5 Å². The molecule has 1 aromatic carbocycles. The number of aliphatic carboxylic acids is 1. The van der Waals surface area contributed by atoms with Crippen molar-refractivity contribution in [2.45, 2.75) is 31.8 Å². The summed E-state index contributed by atoms with van der Waals surface area (Å²) < 4.78 is 0. The number of nitrogens with one attached hydrogen (secondary N) is 1. The summed E-state index contributed by atoms with van der Waals surface area (Å²) in [5.74, 6) is -0.850. The number of carboxylic acids is 1. The van der Waals surface area contributed by atoms with Crippen LogP contribution >= 0.6 is 0 Å². The molecule has 0 bridgehead atoms. The highest BCUT2D eigenvalue weighted by molar-refractivity contribution is 5.78. The molecule has 1 atom stereocenters. The van der Waals surface area contributed by atoms with Crippen LogP contribution in [0, 0.1) is 0 Å². The molecule has 1 unspecified atom stereocenters. The molecule has 6 heteroatoms. The van der Waals surface area contributed by atoms with Gasteiger partial charge in [-0.2, -0.15) is 0 Å². The number of aromatic amines is 1. The topological polar surface area (TPSA) is 86.3 Å². The molecule has 0 spiro atoms. The smallest absolute Gasteiger partial charge is 0.323 e. The van der Waals surface area contributed by atoms with Gasteiger partial charge in [0.15, 0.2) is 0 Å². The zero-order chi connectivity index (χ0) is 15.0. The third-order valence-corrected chi connectivity index (χ3v) is 4.26. The van der Waals surface area contributed by atoms with Gasteiger partial charge in [0, 0.05) is 6.54 Å². The number of aromatic nitrogens is 2. The standard InChI is InChI=1S/C15H17N3O3/c1-15(14(20)21)7-4-8-18(15)9-12-13(19)17-11-6-3-2-5-10(11)16-12/h2-3,5-6H,4,7-9H2,1H3,(H,17,19)(H,20,21). The van der Waals surface area contributed by atoms with E-state index in [1.165, 1.54) is 0 Å². The average molecular weight is 287 g/mol. The van der Waals surface area contributed by atoms with Crippen LogP contribution in [-0.4, -0.2) is 38.0 Å². The monoisotopic (exact) mass is 287 g/mol. The highest BCUT2D eigenvalue weighted by atomic mass is 16.4. The van der Waals surface area contributed by atoms with Crippen LogP contribution in [0.2, 0.25) is 0 Å². The van der Waals surface area contributed by atoms with Gasteiger partial charge in [-0.05, 0) is 38.4 Å². The van der Waals surface area contributed by atoms with E-state index < -0.39 is 11.5 Å². The van der Waals surface area contributed by atoms with E-state index >= 15 is 0 Å². The summed E-state index contributed by atoms with van der Waals surface area (Å²) in [7, 11) is 0. The van der Waals surface area contributed by atoms with Crippen LogP contribution in [0.3, 0.4) is 0 Å². The minimum Gasteiger partial charge on any atom is -0.480 e. The van der Waals surface area contributed by atoms with E-state index in [1.807, 2.05) is 23.1 Å². The number of hydrogen-bond donors (Lipinski definition) is 2. The first kappa shape index (κ1) is 13.8. The van der Waals surface area contributed by atoms with Crippen molar-refractivity contribution >= 4 is 17.0 Å². The van der Waals surface area contributed by atoms with Gasteiger partial charge in [-0.25, -0.2) is 4.98 Å². The molecule has 1 aliphatic heterocycles. The lowest BCUT2D eigenvalue weighted by atomic mass is 9.99. The molecule has 0 aliphatic carbocycles. The Bertz CT molecular complexity index is 755. The molecule has 0 saturated carbocycles. The maximum absolute atomic E-state index is 12.1. The van der Waals surface area contributed by atoms with E-state index in [2.05, 4.69) is 9.97 Å². The van der Waals surface area contributed by atoms with Crippen LogP contribution < -0.4 is 5.56 Å². The number of likely N-dealkylation sites (tertiary alicyclic amines) is 1. The first-order chi connectivity index (χ1) is 10.0. The molecule has 1 aliphatic rings. The SMILES string of the molecule is CC1(C(=O)O)CCCN1Cc1nc2ccccc2[nH]c1=O. The fourth-order valence-corrected chi connectivity index (χ4v) is 2.87. The molecule has 1 aromatic heterocycles. The molecule has 3 rings (SSSR count). The molecule has 1 fully saturated rings. The maximum Gasteiger partial charge on any atom is 0.323 e. The number of H-pyrrole nitrogens is 1. The molecular formula is C15H17N3O3. The summed E-state index contributed by atoms with van der Waals surface area (Å²) in [5, 5.41) is 9.41. The first-order valence-electron chi connectivity index (χ1n) is 6.97. The second-order valence-electron chi connectivity index (χ2n) is 5.63. The van der Waals surface area contributed by atoms with E-state index in [0.717, 1.165) is 6.42 Å². The van der Waals surface area contributed by atoms with Crippen molar-refractivity contribution in [2.24, 2.45) is 0 Å². The van der Waals surface area contributed by atoms with Gasteiger partial charge in [-0.1, -0.05) is 12.1 Å². The summed E-state index contributed by atoms with van der Waals surface area (Å²) in [4.78, 5) is 32.6. The van der Waals surface area contributed by atoms with Crippen molar-refractivity contribution < 1.29 is 9.90 Å². The van der Waals surface area contributed by atoms with Gasteiger partial charge in [0.05, 0.1) is 11.0 Å². The van der Waals surface area contributed by atoms with Gasteiger partial charge in [0.1, 0.15) is 11.2 Å². The molecule has 0 radical (unpaired) electrons. The summed E-state index contributed by atoms with van der Waals surface area (Å²) in [6.07, 6.45) is 1.40. The number of hydrogen-bond acceptors (Lipinski definition) is 4. The van der Waals surface area contributed by atoms with Gasteiger partial charge in [-0.15, -0.1) is 0 Å². The zero-order valence-corrected chi connectivity index (χ0v) is 11.8. The number of nitrogens with zero attached hydrogens (tertiary/aromatic N) is 2. The molecule has 0 amide bonds. The fraction of sp³-hybridized carbons (Fsp3) is 0.400. The lowest BCUT2D eigenvalue weighted by molar-refractivity contribution is -0.148. The minimum atomic E-state index is -0.917. The van der Waals surface area contributed by atoms with Crippen molar-refractivity contribution in [1.82, 2.24) is 14.9 Å². The summed E-state index contributed by atoms with van der Waals surface area (Å²) >= 11 is 0.